The number of piperazine rings is 1. The molecule has 2 fully saturated rings. The van der Waals surface area contributed by atoms with E-state index in [9.17, 15) is 8.42 Å². The second-order valence-electron chi connectivity index (χ2n) is 9.88. The Labute approximate surface area is 213 Å². The van der Waals surface area contributed by atoms with Crippen LogP contribution in [0.25, 0.3) is 10.9 Å². The first-order chi connectivity index (χ1) is 17.4. The van der Waals surface area contributed by atoms with E-state index in [0.717, 1.165) is 41.6 Å². The van der Waals surface area contributed by atoms with E-state index in [-0.39, 0.29) is 6.04 Å². The highest BCUT2D eigenvalue weighted by Gasteiger charge is 2.31. The van der Waals surface area contributed by atoms with Gasteiger partial charge in [0.15, 0.2) is 0 Å². The van der Waals surface area contributed by atoms with E-state index in [1.54, 1.807) is 35.7 Å². The maximum atomic E-state index is 13.2. The third-order valence-electron chi connectivity index (χ3n) is 7.58. The average molecular weight is 510 g/mol. The van der Waals surface area contributed by atoms with Gasteiger partial charge in [-0.3, -0.25) is 4.90 Å². The Hall–Kier alpha value is -2.75. The number of nitrogens with zero attached hydrogens (tertiary/aromatic N) is 5. The monoisotopic (exact) mass is 509 g/mol. The molecule has 0 spiro atoms. The van der Waals surface area contributed by atoms with E-state index in [0.29, 0.717) is 36.8 Å². The lowest BCUT2D eigenvalue weighted by Gasteiger charge is -2.37. The molecule has 5 rings (SSSR count). The minimum absolute atomic E-state index is 0.0112. The lowest BCUT2D eigenvalue weighted by atomic mass is 9.99. The minimum Gasteiger partial charge on any atom is -0.497 e. The van der Waals surface area contributed by atoms with Crippen LogP contribution in [0, 0.1) is 5.92 Å². The number of anilines is 1. The summed E-state index contributed by atoms with van der Waals surface area (Å²) in [6, 6.07) is 14.8. The first-order valence-corrected chi connectivity index (χ1v) is 14.2. The van der Waals surface area contributed by atoms with Gasteiger partial charge in [0.25, 0.3) is 0 Å². The van der Waals surface area contributed by atoms with E-state index < -0.39 is 10.0 Å². The summed E-state index contributed by atoms with van der Waals surface area (Å²) in [5.74, 6) is 3.21. The molecule has 2 saturated heterocycles. The van der Waals surface area contributed by atoms with Crippen LogP contribution in [0.3, 0.4) is 0 Å². The molecule has 0 saturated carbocycles. The molecule has 36 heavy (non-hydrogen) atoms. The van der Waals surface area contributed by atoms with Gasteiger partial charge < -0.3 is 9.64 Å². The normalized spacial score (nSPS) is 19.5. The molecular weight excluding hydrogens is 474 g/mol. The van der Waals surface area contributed by atoms with Gasteiger partial charge >= 0.3 is 0 Å². The van der Waals surface area contributed by atoms with Crippen LogP contribution >= 0.6 is 0 Å². The summed E-state index contributed by atoms with van der Waals surface area (Å²) in [5.41, 5.74) is 0.962. The van der Waals surface area contributed by atoms with Crippen LogP contribution in [-0.2, 0) is 10.0 Å². The second kappa shape index (κ2) is 10.3. The Balaban J connectivity index is 1.33. The summed E-state index contributed by atoms with van der Waals surface area (Å²) in [5, 5.41) is 1.10. The van der Waals surface area contributed by atoms with Gasteiger partial charge in [-0.05, 0) is 62.1 Å². The molecule has 0 bridgehead atoms. The highest BCUT2D eigenvalue weighted by Crippen LogP contribution is 2.31. The number of piperidine rings is 1. The number of ether oxygens (including phenoxy) is 1. The molecule has 0 aliphatic carbocycles. The van der Waals surface area contributed by atoms with Crippen molar-refractivity contribution in [2.24, 2.45) is 5.92 Å². The van der Waals surface area contributed by atoms with Gasteiger partial charge in [-0.15, -0.1) is 0 Å². The van der Waals surface area contributed by atoms with Crippen LogP contribution < -0.4 is 9.64 Å². The van der Waals surface area contributed by atoms with E-state index in [1.165, 1.54) is 12.8 Å². The first kappa shape index (κ1) is 24.9. The zero-order valence-corrected chi connectivity index (χ0v) is 22.1. The first-order valence-electron chi connectivity index (χ1n) is 12.8. The van der Waals surface area contributed by atoms with Crippen LogP contribution in [0.2, 0.25) is 0 Å². The van der Waals surface area contributed by atoms with E-state index >= 15 is 0 Å². The van der Waals surface area contributed by atoms with Crippen molar-refractivity contribution in [1.82, 2.24) is 19.2 Å². The van der Waals surface area contributed by atoms with Crippen LogP contribution in [0.1, 0.15) is 38.6 Å². The number of hydrogen-bond acceptors (Lipinski definition) is 7. The molecule has 3 heterocycles. The van der Waals surface area contributed by atoms with Gasteiger partial charge in [-0.2, -0.15) is 4.31 Å². The molecule has 2 aliphatic heterocycles. The number of rotatable bonds is 6. The van der Waals surface area contributed by atoms with Crippen molar-refractivity contribution < 1.29 is 13.2 Å². The third-order valence-corrected chi connectivity index (χ3v) is 9.49. The molecule has 1 atom stereocenters. The molecule has 2 aromatic carbocycles. The SMILES string of the molecule is COc1ccc(S(=O)(=O)N2CCN(C(C)c3nc(N4CCC(C)CC4)c4ccccc4n3)CC2)cc1. The summed E-state index contributed by atoms with van der Waals surface area (Å²) >= 11 is 0. The van der Waals surface area contributed by atoms with E-state index in [1.807, 2.05) is 12.1 Å². The molecule has 1 unspecified atom stereocenters. The van der Waals surface area contributed by atoms with Crippen LogP contribution in [0.5, 0.6) is 5.75 Å². The van der Waals surface area contributed by atoms with Crippen molar-refractivity contribution in [3.63, 3.8) is 0 Å². The summed E-state index contributed by atoms with van der Waals surface area (Å²) in [6.07, 6.45) is 2.35. The van der Waals surface area contributed by atoms with Crippen LogP contribution in [0.4, 0.5) is 5.82 Å². The predicted octanol–water partition coefficient (Wildman–Crippen LogP) is 3.94. The van der Waals surface area contributed by atoms with Gasteiger partial charge in [-0.25, -0.2) is 18.4 Å². The molecule has 8 nitrogen and oxygen atoms in total. The largest absolute Gasteiger partial charge is 0.497 e. The number of aromatic nitrogens is 2. The molecule has 3 aromatic rings. The van der Waals surface area contributed by atoms with Crippen LogP contribution in [0.15, 0.2) is 53.4 Å². The molecular formula is C27H35N5O3S. The van der Waals surface area contributed by atoms with Gasteiger partial charge in [-0.1, -0.05) is 19.1 Å². The number of methoxy groups -OCH3 is 1. The van der Waals surface area contributed by atoms with Crippen molar-refractivity contribution in [2.45, 2.75) is 37.6 Å². The fraction of sp³-hybridized carbons (Fsp3) is 0.481. The Bertz CT molecular complexity index is 1300. The number of para-hydroxylation sites is 1. The van der Waals surface area contributed by atoms with Crippen molar-refractivity contribution in [2.75, 3.05) is 51.3 Å². The average Bonchev–Trinajstić information content (AvgIpc) is 2.92. The Kier molecular flexibility index (Phi) is 7.14. The van der Waals surface area contributed by atoms with Crippen molar-refractivity contribution in [3.8, 4) is 5.75 Å². The van der Waals surface area contributed by atoms with Crippen LogP contribution in [-0.4, -0.2) is 74.0 Å². The van der Waals surface area contributed by atoms with Crippen molar-refractivity contribution in [3.05, 3.63) is 54.4 Å². The molecule has 9 heteroatoms. The summed E-state index contributed by atoms with van der Waals surface area (Å²) < 4.78 is 33.0. The van der Waals surface area contributed by atoms with E-state index in [2.05, 4.69) is 35.8 Å². The maximum Gasteiger partial charge on any atom is 0.243 e. The predicted molar refractivity (Wildman–Crippen MR) is 142 cm³/mol. The lowest BCUT2D eigenvalue weighted by molar-refractivity contribution is 0.141. The fourth-order valence-corrected chi connectivity index (χ4v) is 6.54. The number of benzene rings is 2. The third kappa shape index (κ3) is 4.92. The van der Waals surface area contributed by atoms with E-state index in [4.69, 9.17) is 14.7 Å². The zero-order valence-electron chi connectivity index (χ0n) is 21.3. The highest BCUT2D eigenvalue weighted by atomic mass is 32.2. The molecule has 0 amide bonds. The Morgan fingerprint density at radius 3 is 2.25 bits per heavy atom. The summed E-state index contributed by atoms with van der Waals surface area (Å²) in [4.78, 5) is 15.0. The quantitative estimate of drug-likeness (QED) is 0.498. The number of sulfonamides is 1. The lowest BCUT2D eigenvalue weighted by Crippen LogP contribution is -2.49. The zero-order chi connectivity index (χ0) is 25.3. The summed E-state index contributed by atoms with van der Waals surface area (Å²) in [7, 11) is -1.97. The standard InChI is InChI=1S/C27H35N5O3S/c1-20-12-14-31(15-13-20)27-24-6-4-5-7-25(24)28-26(29-27)21(2)30-16-18-32(19-17-30)36(33,34)23-10-8-22(35-3)9-11-23/h4-11,20-21H,12-19H2,1-3H3. The second-order valence-corrected chi connectivity index (χ2v) is 11.8. The van der Waals surface area contributed by atoms with Gasteiger partial charge in [0, 0.05) is 44.7 Å². The molecule has 0 N–H and O–H groups in total. The van der Waals surface area contributed by atoms with Crippen molar-refractivity contribution in [1.29, 1.82) is 0 Å². The Morgan fingerprint density at radius 2 is 1.58 bits per heavy atom. The fourth-order valence-electron chi connectivity index (χ4n) is 5.12. The highest BCUT2D eigenvalue weighted by molar-refractivity contribution is 7.89. The van der Waals surface area contributed by atoms with Gasteiger partial charge in [0.1, 0.15) is 17.4 Å². The van der Waals surface area contributed by atoms with Gasteiger partial charge in [0.05, 0.1) is 23.6 Å². The topological polar surface area (TPSA) is 78.9 Å². The molecule has 0 radical (unpaired) electrons. The number of hydrogen-bond donors (Lipinski definition) is 0. The minimum atomic E-state index is -3.54. The maximum absolute atomic E-state index is 13.2. The molecule has 1 aromatic heterocycles. The van der Waals surface area contributed by atoms with Crippen molar-refractivity contribution >= 4 is 26.7 Å². The summed E-state index contributed by atoms with van der Waals surface area (Å²) in [6.45, 7) is 8.59. The molecule has 2 aliphatic rings. The Morgan fingerprint density at radius 1 is 0.917 bits per heavy atom. The molecule has 192 valence electrons. The smallest absolute Gasteiger partial charge is 0.243 e. The van der Waals surface area contributed by atoms with Gasteiger partial charge in [0.2, 0.25) is 10.0 Å². The number of fused-ring (bicyclic) bond motifs is 1.